The number of ether oxygens (including phenoxy) is 2. The first-order chi connectivity index (χ1) is 13.0. The summed E-state index contributed by atoms with van der Waals surface area (Å²) in [5.41, 5.74) is 10.2. The molecule has 0 amide bonds. The van der Waals surface area contributed by atoms with E-state index in [4.69, 9.17) is 15.2 Å². The van der Waals surface area contributed by atoms with E-state index in [2.05, 4.69) is 24.9 Å². The van der Waals surface area contributed by atoms with Crippen LogP contribution in [-0.2, 0) is 13.0 Å². The largest absolute Gasteiger partial charge is 0.493 e. The molecule has 2 unspecified atom stereocenters. The van der Waals surface area contributed by atoms with Gasteiger partial charge in [-0.05, 0) is 55.6 Å². The lowest BCUT2D eigenvalue weighted by Crippen LogP contribution is -2.41. The molecular formula is C22H30N2O3. The number of nitrogens with zero attached hydrogens (tertiary/aromatic N) is 1. The van der Waals surface area contributed by atoms with Gasteiger partial charge in [0.25, 0.3) is 0 Å². The van der Waals surface area contributed by atoms with Gasteiger partial charge in [-0.3, -0.25) is 0 Å². The molecule has 0 bridgehead atoms. The molecule has 1 saturated heterocycles. The van der Waals surface area contributed by atoms with E-state index in [-0.39, 0.29) is 12.0 Å². The molecule has 5 heteroatoms. The fourth-order valence-corrected chi connectivity index (χ4v) is 3.73. The lowest BCUT2D eigenvalue weighted by molar-refractivity contribution is 0.0366. The maximum absolute atomic E-state index is 10.3. The summed E-state index contributed by atoms with van der Waals surface area (Å²) in [6.45, 7) is 4.33. The van der Waals surface area contributed by atoms with Crippen molar-refractivity contribution in [3.63, 3.8) is 0 Å². The molecule has 1 aliphatic heterocycles. The molecule has 2 aromatic carbocycles. The number of hydrogen-bond donors (Lipinski definition) is 2. The number of nitrogens with two attached hydrogens (primary N) is 1. The van der Waals surface area contributed by atoms with E-state index >= 15 is 0 Å². The fourth-order valence-electron chi connectivity index (χ4n) is 3.73. The molecular weight excluding hydrogens is 340 g/mol. The minimum atomic E-state index is -0.273. The highest BCUT2D eigenvalue weighted by atomic mass is 16.5. The van der Waals surface area contributed by atoms with Crippen LogP contribution in [0, 0.1) is 12.8 Å². The molecule has 0 aromatic heterocycles. The highest BCUT2D eigenvalue weighted by Crippen LogP contribution is 2.37. The number of likely N-dealkylation sites (tertiary alicyclic amines) is 1. The molecule has 2 aromatic rings. The van der Waals surface area contributed by atoms with Gasteiger partial charge in [-0.25, -0.2) is 0 Å². The number of benzene rings is 2. The van der Waals surface area contributed by atoms with Crippen molar-refractivity contribution >= 4 is 5.69 Å². The van der Waals surface area contributed by atoms with E-state index in [1.807, 2.05) is 30.3 Å². The van der Waals surface area contributed by atoms with E-state index in [9.17, 15) is 5.11 Å². The second kappa shape index (κ2) is 8.63. The van der Waals surface area contributed by atoms with Gasteiger partial charge in [-0.15, -0.1) is 0 Å². The van der Waals surface area contributed by atoms with Crippen LogP contribution in [0.1, 0.15) is 23.1 Å². The average molecular weight is 370 g/mol. The molecule has 1 fully saturated rings. The Hall–Kier alpha value is -2.24. The molecule has 3 N–H and O–H groups in total. The van der Waals surface area contributed by atoms with Crippen LogP contribution in [0.3, 0.4) is 0 Å². The minimum Gasteiger partial charge on any atom is -0.493 e. The summed E-state index contributed by atoms with van der Waals surface area (Å²) < 4.78 is 11.5. The first-order valence-electron chi connectivity index (χ1n) is 9.48. The van der Waals surface area contributed by atoms with Crippen LogP contribution in [0.4, 0.5) is 5.69 Å². The number of nitrogen functional groups attached to an aromatic ring is 1. The number of hydrogen-bond acceptors (Lipinski definition) is 5. The number of methoxy groups -OCH3 is 1. The van der Waals surface area contributed by atoms with Gasteiger partial charge >= 0.3 is 0 Å². The molecule has 1 heterocycles. The Balaban J connectivity index is 1.75. The summed E-state index contributed by atoms with van der Waals surface area (Å²) >= 11 is 0. The zero-order chi connectivity index (χ0) is 19.4. The summed E-state index contributed by atoms with van der Waals surface area (Å²) in [5.74, 6) is 1.41. The zero-order valence-corrected chi connectivity index (χ0v) is 16.4. The van der Waals surface area contributed by atoms with Crippen molar-refractivity contribution in [1.29, 1.82) is 0 Å². The van der Waals surface area contributed by atoms with Crippen molar-refractivity contribution in [2.45, 2.75) is 32.5 Å². The van der Waals surface area contributed by atoms with E-state index in [0.717, 1.165) is 37.1 Å². The van der Waals surface area contributed by atoms with E-state index in [0.29, 0.717) is 23.8 Å². The van der Waals surface area contributed by atoms with E-state index < -0.39 is 0 Å². The van der Waals surface area contributed by atoms with Crippen molar-refractivity contribution in [3.8, 4) is 11.5 Å². The number of piperidine rings is 1. The second-order valence-electron chi connectivity index (χ2n) is 7.51. The van der Waals surface area contributed by atoms with E-state index in [1.54, 1.807) is 7.11 Å². The molecule has 0 radical (unpaired) electrons. The maximum atomic E-state index is 10.3. The fraction of sp³-hybridized carbons (Fsp3) is 0.455. The Morgan fingerprint density at radius 3 is 2.78 bits per heavy atom. The summed E-state index contributed by atoms with van der Waals surface area (Å²) in [6.07, 6.45) is 1.31. The predicted octanol–water partition coefficient (Wildman–Crippen LogP) is 3.02. The molecule has 3 rings (SSSR count). The maximum Gasteiger partial charge on any atom is 0.184 e. The normalized spacial score (nSPS) is 20.4. The van der Waals surface area contributed by atoms with Crippen molar-refractivity contribution in [2.75, 3.05) is 33.0 Å². The minimum absolute atomic E-state index is 0.201. The van der Waals surface area contributed by atoms with Crippen molar-refractivity contribution < 1.29 is 14.6 Å². The Labute approximate surface area is 161 Å². The van der Waals surface area contributed by atoms with Crippen LogP contribution in [0.15, 0.2) is 36.4 Å². The lowest BCUT2D eigenvalue weighted by Gasteiger charge is -2.34. The van der Waals surface area contributed by atoms with Crippen LogP contribution >= 0.6 is 0 Å². The molecule has 146 valence electrons. The highest BCUT2D eigenvalue weighted by molar-refractivity contribution is 5.62. The quantitative estimate of drug-likeness (QED) is 0.765. The monoisotopic (exact) mass is 370 g/mol. The van der Waals surface area contributed by atoms with Crippen molar-refractivity contribution in [2.24, 2.45) is 5.92 Å². The van der Waals surface area contributed by atoms with Crippen LogP contribution in [0.5, 0.6) is 11.5 Å². The van der Waals surface area contributed by atoms with Gasteiger partial charge in [-0.1, -0.05) is 24.3 Å². The topological polar surface area (TPSA) is 68.0 Å². The number of aliphatic hydroxyl groups excluding tert-OH is 1. The van der Waals surface area contributed by atoms with Gasteiger partial charge in [0.05, 0.1) is 18.9 Å². The zero-order valence-electron chi connectivity index (χ0n) is 16.4. The van der Waals surface area contributed by atoms with Gasteiger partial charge < -0.3 is 25.2 Å². The van der Waals surface area contributed by atoms with Crippen LogP contribution in [0.2, 0.25) is 0 Å². The van der Waals surface area contributed by atoms with Gasteiger partial charge in [0.1, 0.15) is 6.61 Å². The summed E-state index contributed by atoms with van der Waals surface area (Å²) in [6, 6.07) is 12.0. The number of aryl methyl sites for hydroxylation is 1. The smallest absolute Gasteiger partial charge is 0.184 e. The van der Waals surface area contributed by atoms with E-state index in [1.165, 1.54) is 5.56 Å². The predicted molar refractivity (Wildman–Crippen MR) is 108 cm³/mol. The van der Waals surface area contributed by atoms with Gasteiger partial charge in [-0.2, -0.15) is 0 Å². The van der Waals surface area contributed by atoms with Gasteiger partial charge in [0.2, 0.25) is 0 Å². The summed E-state index contributed by atoms with van der Waals surface area (Å²) in [7, 11) is 3.72. The SMILES string of the molecule is COc1cc(CC2CN(C)CCC2O)cc(N)c1OCc1ccccc1C. The molecule has 27 heavy (non-hydrogen) atoms. The first kappa shape index (κ1) is 19.5. The standard InChI is InChI=1S/C22H30N2O3/c1-15-6-4-5-7-17(15)14-27-22-19(23)11-16(12-21(22)26-3)10-18-13-24(2)9-8-20(18)25/h4-7,11-12,18,20,25H,8-10,13-14,23H2,1-3H3. The third kappa shape index (κ3) is 4.73. The Morgan fingerprint density at radius 1 is 1.26 bits per heavy atom. The molecule has 0 saturated carbocycles. The Kier molecular flexibility index (Phi) is 6.24. The molecule has 5 nitrogen and oxygen atoms in total. The Morgan fingerprint density at radius 2 is 2.04 bits per heavy atom. The first-order valence-corrected chi connectivity index (χ1v) is 9.48. The van der Waals surface area contributed by atoms with Gasteiger partial charge in [0, 0.05) is 19.0 Å². The van der Waals surface area contributed by atoms with Crippen molar-refractivity contribution in [1.82, 2.24) is 4.90 Å². The van der Waals surface area contributed by atoms with Crippen LogP contribution < -0.4 is 15.2 Å². The summed E-state index contributed by atoms with van der Waals surface area (Å²) in [4.78, 5) is 2.26. The second-order valence-corrected chi connectivity index (χ2v) is 7.51. The van der Waals surface area contributed by atoms with Crippen LogP contribution in [-0.4, -0.2) is 43.4 Å². The molecule has 0 spiro atoms. The van der Waals surface area contributed by atoms with Gasteiger partial charge in [0.15, 0.2) is 11.5 Å². The summed E-state index contributed by atoms with van der Waals surface area (Å²) in [5, 5.41) is 10.3. The third-order valence-corrected chi connectivity index (χ3v) is 5.39. The van der Waals surface area contributed by atoms with Crippen molar-refractivity contribution in [3.05, 3.63) is 53.1 Å². The number of anilines is 1. The molecule has 1 aliphatic rings. The third-order valence-electron chi connectivity index (χ3n) is 5.39. The average Bonchev–Trinajstić information content (AvgIpc) is 2.64. The van der Waals surface area contributed by atoms with Crippen LogP contribution in [0.25, 0.3) is 0 Å². The lowest BCUT2D eigenvalue weighted by atomic mass is 9.88. The molecule has 0 aliphatic carbocycles. The Bertz CT molecular complexity index is 778. The number of aliphatic hydroxyl groups is 1. The number of rotatable bonds is 6. The highest BCUT2D eigenvalue weighted by Gasteiger charge is 2.26. The molecule has 2 atom stereocenters.